The van der Waals surface area contributed by atoms with Gasteiger partial charge in [-0.1, -0.05) is 6.92 Å². The summed E-state index contributed by atoms with van der Waals surface area (Å²) in [5.74, 6) is -0.116. The van der Waals surface area contributed by atoms with Gasteiger partial charge >= 0.3 is 0 Å². The van der Waals surface area contributed by atoms with Crippen molar-refractivity contribution in [1.29, 1.82) is 5.26 Å². The molecule has 0 atom stereocenters. The SMILES string of the molecule is CCCC(=O)Nc1cc(N(CCO)CCO)ccc1NNc1snc(C)c1C#N. The standard InChI is InChI=1S/C19H26N6O3S/c1-3-4-18(28)21-17-11-14(25(7-9-26)8-10-27)5-6-16(17)22-23-19-15(12-20)13(2)24-29-19/h5-6,11,22-23,26-27H,3-4,7-10H2,1-2H3,(H,21,28). The second-order valence-electron chi connectivity index (χ2n) is 6.30. The Labute approximate surface area is 174 Å². The van der Waals surface area contributed by atoms with E-state index in [0.717, 1.165) is 12.1 Å². The third kappa shape index (κ3) is 6.05. The second-order valence-corrected chi connectivity index (χ2v) is 7.07. The number of nitrogens with one attached hydrogen (secondary N) is 3. The number of aryl methyl sites for hydroxylation is 1. The van der Waals surface area contributed by atoms with Gasteiger partial charge in [0.25, 0.3) is 0 Å². The highest BCUT2D eigenvalue weighted by molar-refractivity contribution is 7.10. The first-order valence-corrected chi connectivity index (χ1v) is 10.1. The molecule has 2 aromatic rings. The van der Waals surface area contributed by atoms with E-state index in [2.05, 4.69) is 26.6 Å². The molecule has 1 aromatic heterocycles. The number of nitrogens with zero attached hydrogens (tertiary/aromatic N) is 3. The number of rotatable bonds is 11. The molecule has 0 spiro atoms. The molecule has 9 nitrogen and oxygen atoms in total. The van der Waals surface area contributed by atoms with Gasteiger partial charge in [-0.3, -0.25) is 15.6 Å². The molecule has 0 unspecified atom stereocenters. The Morgan fingerprint density at radius 3 is 2.59 bits per heavy atom. The molecule has 0 aliphatic rings. The molecule has 5 N–H and O–H groups in total. The Bertz CT molecular complexity index is 858. The van der Waals surface area contributed by atoms with E-state index < -0.39 is 0 Å². The van der Waals surface area contributed by atoms with Gasteiger partial charge in [0.05, 0.1) is 30.3 Å². The minimum absolute atomic E-state index is 0.0548. The number of hydrogen-bond acceptors (Lipinski definition) is 9. The van der Waals surface area contributed by atoms with Gasteiger partial charge in [0, 0.05) is 25.2 Å². The Kier molecular flexibility index (Phi) is 8.67. The molecule has 10 heteroatoms. The predicted molar refractivity (Wildman–Crippen MR) is 115 cm³/mol. The minimum atomic E-state index is -0.116. The van der Waals surface area contributed by atoms with Gasteiger partial charge in [-0.15, -0.1) is 0 Å². The summed E-state index contributed by atoms with van der Waals surface area (Å²) in [6.07, 6.45) is 1.11. The van der Waals surface area contributed by atoms with Crippen LogP contribution in [0.3, 0.4) is 0 Å². The van der Waals surface area contributed by atoms with Gasteiger partial charge in [-0.25, -0.2) is 0 Å². The zero-order valence-electron chi connectivity index (χ0n) is 16.5. The highest BCUT2D eigenvalue weighted by atomic mass is 32.1. The molecule has 1 heterocycles. The summed E-state index contributed by atoms with van der Waals surface area (Å²) in [5, 5.41) is 31.3. The van der Waals surface area contributed by atoms with Crippen LogP contribution in [0.5, 0.6) is 0 Å². The highest BCUT2D eigenvalue weighted by Crippen LogP contribution is 2.30. The van der Waals surface area contributed by atoms with Gasteiger partial charge in [-0.2, -0.15) is 9.64 Å². The highest BCUT2D eigenvalue weighted by Gasteiger charge is 2.14. The molecule has 0 bridgehead atoms. The quantitative estimate of drug-likeness (QED) is 0.351. The minimum Gasteiger partial charge on any atom is -0.395 e. The maximum Gasteiger partial charge on any atom is 0.224 e. The first-order valence-electron chi connectivity index (χ1n) is 9.33. The van der Waals surface area contributed by atoms with E-state index >= 15 is 0 Å². The number of aliphatic hydroxyl groups is 2. The number of hydrazine groups is 1. The lowest BCUT2D eigenvalue weighted by Crippen LogP contribution is -2.29. The van der Waals surface area contributed by atoms with E-state index in [9.17, 15) is 20.3 Å². The van der Waals surface area contributed by atoms with Gasteiger partial charge in [-0.05, 0) is 43.1 Å². The summed E-state index contributed by atoms with van der Waals surface area (Å²) in [5.41, 5.74) is 9.06. The number of benzene rings is 1. The van der Waals surface area contributed by atoms with Crippen molar-refractivity contribution in [2.75, 3.05) is 47.4 Å². The van der Waals surface area contributed by atoms with Gasteiger partial charge in [0.15, 0.2) is 0 Å². The summed E-state index contributed by atoms with van der Waals surface area (Å²) in [7, 11) is 0. The fourth-order valence-corrected chi connectivity index (χ4v) is 3.40. The van der Waals surface area contributed by atoms with Crippen LogP contribution in [0.1, 0.15) is 31.0 Å². The van der Waals surface area contributed by atoms with Crippen LogP contribution in [-0.2, 0) is 4.79 Å². The number of amides is 1. The van der Waals surface area contributed by atoms with Crippen molar-refractivity contribution in [2.24, 2.45) is 0 Å². The lowest BCUT2D eigenvalue weighted by molar-refractivity contribution is -0.116. The van der Waals surface area contributed by atoms with Crippen molar-refractivity contribution in [3.05, 3.63) is 29.5 Å². The van der Waals surface area contributed by atoms with Crippen LogP contribution in [0.4, 0.5) is 22.1 Å². The summed E-state index contributed by atoms with van der Waals surface area (Å²) in [4.78, 5) is 14.0. The number of hydrogen-bond donors (Lipinski definition) is 5. The molecule has 1 amide bonds. The fraction of sp³-hybridized carbons (Fsp3) is 0.421. The molecule has 0 saturated heterocycles. The molecule has 0 saturated carbocycles. The topological polar surface area (TPSA) is 134 Å². The average Bonchev–Trinajstić information content (AvgIpc) is 3.06. The molecule has 1 aromatic carbocycles. The van der Waals surface area contributed by atoms with Crippen LogP contribution in [-0.4, -0.2) is 46.8 Å². The first-order chi connectivity index (χ1) is 14.0. The number of carbonyl (C=O) groups is 1. The lowest BCUT2D eigenvalue weighted by atomic mass is 10.2. The number of aromatic nitrogens is 1. The van der Waals surface area contributed by atoms with Crippen molar-refractivity contribution in [1.82, 2.24) is 4.37 Å². The Balaban J connectivity index is 2.28. The summed E-state index contributed by atoms with van der Waals surface area (Å²) in [6, 6.07) is 7.51. The molecular formula is C19H26N6O3S. The van der Waals surface area contributed by atoms with Crippen LogP contribution in [0, 0.1) is 18.3 Å². The number of anilines is 4. The molecule has 0 aliphatic carbocycles. The summed E-state index contributed by atoms with van der Waals surface area (Å²) >= 11 is 1.17. The molecular weight excluding hydrogens is 392 g/mol. The maximum absolute atomic E-state index is 12.2. The Morgan fingerprint density at radius 2 is 1.97 bits per heavy atom. The van der Waals surface area contributed by atoms with Crippen LogP contribution in [0.2, 0.25) is 0 Å². The van der Waals surface area contributed by atoms with Gasteiger partial charge < -0.3 is 20.4 Å². The normalized spacial score (nSPS) is 10.3. The van der Waals surface area contributed by atoms with Crippen molar-refractivity contribution < 1.29 is 15.0 Å². The van der Waals surface area contributed by atoms with E-state index in [1.807, 2.05) is 17.9 Å². The molecule has 0 fully saturated rings. The van der Waals surface area contributed by atoms with Crippen LogP contribution in [0.15, 0.2) is 18.2 Å². The first kappa shape index (κ1) is 22.4. The van der Waals surface area contributed by atoms with Crippen LogP contribution < -0.4 is 21.1 Å². The van der Waals surface area contributed by atoms with Crippen LogP contribution in [0.25, 0.3) is 0 Å². The summed E-state index contributed by atoms with van der Waals surface area (Å²) < 4.78 is 4.17. The molecule has 0 aliphatic heterocycles. The van der Waals surface area contributed by atoms with Crippen molar-refractivity contribution in [3.63, 3.8) is 0 Å². The van der Waals surface area contributed by atoms with E-state index in [4.69, 9.17) is 0 Å². The number of carbonyl (C=O) groups excluding carboxylic acids is 1. The summed E-state index contributed by atoms with van der Waals surface area (Å²) in [6.45, 7) is 4.31. The maximum atomic E-state index is 12.2. The third-order valence-corrected chi connectivity index (χ3v) is 5.00. The van der Waals surface area contributed by atoms with Crippen LogP contribution >= 0.6 is 11.5 Å². The second kappa shape index (κ2) is 11.2. The molecule has 0 radical (unpaired) electrons. The van der Waals surface area contributed by atoms with E-state index in [0.29, 0.717) is 47.1 Å². The average molecular weight is 419 g/mol. The molecule has 2 rings (SSSR count). The zero-order chi connectivity index (χ0) is 21.2. The fourth-order valence-electron chi connectivity index (χ4n) is 2.70. The molecule has 156 valence electrons. The Morgan fingerprint density at radius 1 is 1.24 bits per heavy atom. The Hall–Kier alpha value is -2.87. The van der Waals surface area contributed by atoms with E-state index in [1.54, 1.807) is 19.1 Å². The van der Waals surface area contributed by atoms with E-state index in [1.165, 1.54) is 11.5 Å². The molecule has 29 heavy (non-hydrogen) atoms. The monoisotopic (exact) mass is 418 g/mol. The third-order valence-electron chi connectivity index (χ3n) is 4.14. The smallest absolute Gasteiger partial charge is 0.224 e. The van der Waals surface area contributed by atoms with Crippen molar-refractivity contribution in [3.8, 4) is 6.07 Å². The lowest BCUT2D eigenvalue weighted by Gasteiger charge is -2.24. The van der Waals surface area contributed by atoms with Gasteiger partial charge in [0.1, 0.15) is 16.6 Å². The largest absolute Gasteiger partial charge is 0.395 e. The number of aliphatic hydroxyl groups excluding tert-OH is 2. The predicted octanol–water partition coefficient (Wildman–Crippen LogP) is 2.29. The van der Waals surface area contributed by atoms with E-state index in [-0.39, 0.29) is 19.1 Å². The van der Waals surface area contributed by atoms with Gasteiger partial charge in [0.2, 0.25) is 5.91 Å². The number of nitriles is 1. The van der Waals surface area contributed by atoms with Crippen molar-refractivity contribution >= 4 is 39.5 Å². The zero-order valence-corrected chi connectivity index (χ0v) is 17.3. The van der Waals surface area contributed by atoms with Crippen molar-refractivity contribution in [2.45, 2.75) is 26.7 Å².